The van der Waals surface area contributed by atoms with Crippen LogP contribution < -0.4 is 0 Å². The molecule has 8 aromatic carbocycles. The van der Waals surface area contributed by atoms with Crippen molar-refractivity contribution in [1.29, 1.82) is 0 Å². The van der Waals surface area contributed by atoms with Gasteiger partial charge in [0.15, 0.2) is 0 Å². The third-order valence-corrected chi connectivity index (χ3v) is 21.6. The molecular weight excluding hydrogens is 1420 g/mol. The van der Waals surface area contributed by atoms with Gasteiger partial charge in [-0.3, -0.25) is 0 Å². The summed E-state index contributed by atoms with van der Waals surface area (Å²) in [6.07, 6.45) is -0.558. The Hall–Kier alpha value is -6.24. The Kier molecular flexibility index (Phi) is 35.4. The highest BCUT2D eigenvalue weighted by Crippen LogP contribution is 2.41. The lowest BCUT2D eigenvalue weighted by atomic mass is 9.71. The van der Waals surface area contributed by atoms with E-state index in [1.165, 1.54) is 121 Å². The molecule has 0 spiro atoms. The van der Waals surface area contributed by atoms with Crippen LogP contribution in [0.1, 0.15) is 455 Å². The molecule has 0 N–H and O–H groups in total. The summed E-state index contributed by atoms with van der Waals surface area (Å²) in [7, 11) is 0. The van der Waals surface area contributed by atoms with E-state index >= 15 is 0 Å². The van der Waals surface area contributed by atoms with Crippen molar-refractivity contribution in [2.75, 3.05) is 0 Å². The third kappa shape index (κ3) is 36.8. The molecule has 0 aromatic heterocycles. The first kappa shape index (κ1) is 95.6. The molecule has 0 heteroatoms. The van der Waals surface area contributed by atoms with E-state index in [1.54, 1.807) is 30.3 Å². The number of benzene rings is 8. The van der Waals surface area contributed by atoms with E-state index in [1.807, 2.05) is 48.5 Å². The highest BCUT2D eigenvalue weighted by molar-refractivity contribution is 5.47. The molecule has 0 aliphatic carbocycles. The number of aryl methyl sites for hydroxylation is 9. The van der Waals surface area contributed by atoms with Gasteiger partial charge in [-0.1, -0.05) is 456 Å². The van der Waals surface area contributed by atoms with Crippen molar-refractivity contribution < 1.29 is 11.0 Å². The Bertz CT molecular complexity index is 4290. The largest absolute Gasteiger partial charge is 0.0625 e. The Morgan fingerprint density at radius 3 is 0.737 bits per heavy atom. The highest BCUT2D eigenvalue weighted by Gasteiger charge is 2.30. The Balaban J connectivity index is 0.000000723. The molecule has 0 radical (unpaired) electrons. The van der Waals surface area contributed by atoms with Crippen molar-refractivity contribution in [2.45, 2.75) is 450 Å². The van der Waals surface area contributed by atoms with E-state index in [0.717, 1.165) is 34.1 Å². The molecule has 660 valence electrons. The van der Waals surface area contributed by atoms with Crippen molar-refractivity contribution in [3.8, 4) is 0 Å². The lowest BCUT2D eigenvalue weighted by Gasteiger charge is -2.33. The molecule has 0 saturated heterocycles. The van der Waals surface area contributed by atoms with Gasteiger partial charge in [-0.2, -0.15) is 0 Å². The van der Waals surface area contributed by atoms with E-state index in [2.05, 4.69) is 399 Å². The van der Waals surface area contributed by atoms with E-state index in [9.17, 15) is 0 Å². The van der Waals surface area contributed by atoms with Crippen LogP contribution >= 0.6 is 0 Å². The Labute approximate surface area is 747 Å². The summed E-state index contributed by atoms with van der Waals surface area (Å²) in [5.74, 6) is 0.906. The molecule has 8 aromatic rings. The fourth-order valence-electron chi connectivity index (χ4n) is 16.1. The maximum atomic E-state index is 8.39. The molecule has 118 heavy (non-hydrogen) atoms. The van der Waals surface area contributed by atoms with Crippen LogP contribution in [-0.2, 0) is 90.6 Å². The van der Waals surface area contributed by atoms with Gasteiger partial charge in [-0.15, -0.1) is 0 Å². The van der Waals surface area contributed by atoms with Crippen LogP contribution in [0.2, 0.25) is 0 Å². The predicted molar refractivity (Wildman–Crippen MR) is 539 cm³/mol. The normalized spacial score (nSPS) is 14.0. The molecule has 0 aliphatic rings. The van der Waals surface area contributed by atoms with E-state index < -0.39 is 25.5 Å². The molecule has 8 rings (SSSR count). The van der Waals surface area contributed by atoms with Crippen LogP contribution in [0, 0.1) is 60.2 Å². The van der Waals surface area contributed by atoms with Gasteiger partial charge >= 0.3 is 0 Å². The van der Waals surface area contributed by atoms with Gasteiger partial charge < -0.3 is 0 Å². The molecule has 0 unspecified atom stereocenters. The van der Waals surface area contributed by atoms with Gasteiger partial charge in [0.2, 0.25) is 0 Å². The quantitative estimate of drug-likeness (QED) is 0.149. The summed E-state index contributed by atoms with van der Waals surface area (Å²) in [5.41, 5.74) is 31.8. The number of hydrogen-bond acceptors (Lipinski definition) is 0. The summed E-state index contributed by atoms with van der Waals surface area (Å²) in [6, 6.07) is 51.7. The van der Waals surface area contributed by atoms with Gasteiger partial charge in [0, 0.05) is 11.0 Å². The summed E-state index contributed by atoms with van der Waals surface area (Å²) in [5, 5.41) is 0. The molecule has 0 bridgehead atoms. The first-order valence-electron chi connectivity index (χ1n) is 48.7. The van der Waals surface area contributed by atoms with Crippen molar-refractivity contribution in [1.82, 2.24) is 0 Å². The Morgan fingerprint density at radius 2 is 0.517 bits per heavy atom. The van der Waals surface area contributed by atoms with E-state index in [-0.39, 0.29) is 65.0 Å². The second-order valence-electron chi connectivity index (χ2n) is 47.6. The first-order valence-corrected chi connectivity index (χ1v) is 44.7. The monoisotopic (exact) mass is 1610 g/mol. The molecule has 0 heterocycles. The molecule has 0 aliphatic heterocycles. The van der Waals surface area contributed by atoms with Crippen molar-refractivity contribution in [2.24, 2.45) is 11.8 Å². The van der Waals surface area contributed by atoms with Gasteiger partial charge in [0.1, 0.15) is 0 Å². The van der Waals surface area contributed by atoms with Crippen molar-refractivity contribution in [3.63, 3.8) is 0 Å². The summed E-state index contributed by atoms with van der Waals surface area (Å²) >= 11 is 0. The third-order valence-electron chi connectivity index (χ3n) is 21.6. The van der Waals surface area contributed by atoms with Crippen LogP contribution in [0.25, 0.3) is 0 Å². The van der Waals surface area contributed by atoms with Gasteiger partial charge in [0.25, 0.3) is 0 Å². The van der Waals surface area contributed by atoms with Gasteiger partial charge in [-0.05, 0) is 285 Å². The van der Waals surface area contributed by atoms with E-state index in [0.29, 0.717) is 16.7 Å². The van der Waals surface area contributed by atoms with Crippen molar-refractivity contribution >= 4 is 0 Å². The second-order valence-corrected chi connectivity index (χ2v) is 47.6. The lowest BCUT2D eigenvalue weighted by molar-refractivity contribution is 0.521. The smallest absolute Gasteiger partial charge is 0.0347 e. The number of rotatable bonds is 7. The molecule has 0 saturated carbocycles. The minimum absolute atomic E-state index is 0.0570. The van der Waals surface area contributed by atoms with Crippen LogP contribution in [0.5, 0.6) is 0 Å². The SMILES string of the molecule is CC(C)(C)c1cc(C(C)(C)C)cc(C(C)(C)C)c1.CC(C)(C)c1ccc(C(C)(C)C)cc1.CC(C)Cc1cc(CC(C)C)cc(C(C)(C)C)c1.Cc1cccc(C)c1C(C)(C)C.Cc1cccc(C)c1C(C)(C)C.[2H]C(C)(C)c1cccc(C(C)(C)C)c1C(C)(C)C.[2H]C([2H])(C)c1cccc(C([2H])([2H])C)c1C(C)(C)C.[2H]C([2H])([2H])c1cc(C)c(C(C)(C)C)c(C)c1. The van der Waals surface area contributed by atoms with Crippen molar-refractivity contribution in [3.05, 3.63) is 279 Å². The minimum Gasteiger partial charge on any atom is -0.0625 e. The summed E-state index contributed by atoms with van der Waals surface area (Å²) in [4.78, 5) is 0. The summed E-state index contributed by atoms with van der Waals surface area (Å²) < 4.78 is 62.4. The maximum Gasteiger partial charge on any atom is 0.0347 e. The fourth-order valence-corrected chi connectivity index (χ4v) is 16.1. The molecule has 0 nitrogen and oxygen atoms in total. The van der Waals surface area contributed by atoms with Gasteiger partial charge in [0.05, 0.1) is 0 Å². The average Bonchev–Trinajstić information content (AvgIpc) is 0.764. The zero-order valence-electron chi connectivity index (χ0n) is 94.4. The highest BCUT2D eigenvalue weighted by atomic mass is 14.3. The average molecular weight is 1610 g/mol. The first-order chi connectivity index (χ1) is 55.8. The number of hydrogen-bond donors (Lipinski definition) is 0. The standard InChI is InChI=1S/2C18H30.C17H28.2C14H22.C13H20.2C12H18/c1-16(2,3)13-10-14(17(4,5)6)12-15(11-13)18(7,8)9;1-13(2)8-15-10-16(9-14(3)4)12-17(11-15)18(5,6)7;1-12(2)13-10-9-11-14(16(3,4)5)15(13)17(6,7)8;1-13(2,3)11-7-9-12(10-8-11)14(4,5)6;1-6-11-9-8-10-12(7-2)13(11)14(3,4)5;1-9-7-10(2)12(11(3)8-9)13(4,5)6;2*1-9-7-6-8-10(2)11(9)12(3,4)5/h10-12H,1-9H3;10-14H,8-9H2,1-7H3;9-12H,1-8H3;7-10H,1-6H3;8-10H,6-7H2,1-5H3;7-8H,1-6H3;2*6-8H,1-5H3/i;;12D;;6D2,7D2;1D3;;. The van der Waals surface area contributed by atoms with E-state index in [4.69, 9.17) is 11.0 Å². The summed E-state index contributed by atoms with van der Waals surface area (Å²) in [6.45, 7) is 107. The van der Waals surface area contributed by atoms with Crippen LogP contribution in [0.4, 0.5) is 0 Å². The zero-order chi connectivity index (χ0) is 99.4. The molecular formula is C118H188. The predicted octanol–water partition coefficient (Wildman–Crippen LogP) is 35.9. The minimum atomic E-state index is -2.01. The lowest BCUT2D eigenvalue weighted by Crippen LogP contribution is -2.24. The molecule has 0 amide bonds. The van der Waals surface area contributed by atoms with Crippen LogP contribution in [-0.4, -0.2) is 0 Å². The maximum absolute atomic E-state index is 8.39. The van der Waals surface area contributed by atoms with Gasteiger partial charge in [-0.25, -0.2) is 0 Å². The topological polar surface area (TPSA) is 0 Å². The molecule has 0 fully saturated rings. The fraction of sp³-hybridized carbons (Fsp3) is 0.593. The van der Waals surface area contributed by atoms with Crippen LogP contribution in [0.3, 0.4) is 0 Å². The Morgan fingerprint density at radius 1 is 0.263 bits per heavy atom. The second kappa shape index (κ2) is 43.7. The van der Waals surface area contributed by atoms with Crippen LogP contribution in [0.15, 0.2) is 146 Å². The molecule has 0 atom stereocenters. The zero-order valence-corrected chi connectivity index (χ0v) is 86.4.